The van der Waals surface area contributed by atoms with Gasteiger partial charge in [0, 0.05) is 5.39 Å². The summed E-state index contributed by atoms with van der Waals surface area (Å²) in [5.74, 6) is -1.03. The van der Waals surface area contributed by atoms with Crippen molar-refractivity contribution < 1.29 is 9.59 Å². The summed E-state index contributed by atoms with van der Waals surface area (Å²) < 4.78 is 0. The minimum Gasteiger partial charge on any atom is -0.330 e. The Labute approximate surface area is 128 Å². The summed E-state index contributed by atoms with van der Waals surface area (Å²) in [6.07, 6.45) is 2.07. The lowest BCUT2D eigenvalue weighted by atomic mass is 10.1. The van der Waals surface area contributed by atoms with Crippen LogP contribution in [0.15, 0.2) is 36.4 Å². The molecule has 0 saturated carbocycles. The Morgan fingerprint density at radius 1 is 1.14 bits per heavy atom. The van der Waals surface area contributed by atoms with Gasteiger partial charge >= 0.3 is 0 Å². The molecule has 0 saturated heterocycles. The Morgan fingerprint density at radius 2 is 1.91 bits per heavy atom. The van der Waals surface area contributed by atoms with Crippen LogP contribution in [-0.2, 0) is 4.79 Å². The molecule has 5 N–H and O–H groups in total. The van der Waals surface area contributed by atoms with E-state index in [0.717, 1.165) is 18.2 Å². The molecule has 1 heterocycles. The lowest BCUT2D eigenvalue weighted by Crippen LogP contribution is -2.43. The maximum absolute atomic E-state index is 12.1. The molecule has 6 heteroatoms. The number of aromatic nitrogens is 1. The second-order valence-electron chi connectivity index (χ2n) is 5.10. The predicted molar refractivity (Wildman–Crippen MR) is 85.1 cm³/mol. The van der Waals surface area contributed by atoms with Gasteiger partial charge in [-0.25, -0.2) is 4.98 Å². The molecule has 0 aliphatic heterocycles. The number of fused-ring (bicyclic) bond motifs is 1. The van der Waals surface area contributed by atoms with Gasteiger partial charge in [0.25, 0.3) is 5.91 Å². The number of rotatable bonds is 6. The molecule has 2 rings (SSSR count). The molecule has 2 aromatic rings. The SMILES string of the molecule is NCCCC[C@@H](N)C(=O)NC(=O)c1ccc2ccccc2n1. The van der Waals surface area contributed by atoms with Crippen LogP contribution in [0.5, 0.6) is 0 Å². The van der Waals surface area contributed by atoms with Crippen molar-refractivity contribution in [1.82, 2.24) is 10.3 Å². The largest absolute Gasteiger partial charge is 0.330 e. The molecule has 0 bridgehead atoms. The van der Waals surface area contributed by atoms with E-state index in [2.05, 4.69) is 10.3 Å². The molecule has 0 fully saturated rings. The first-order chi connectivity index (χ1) is 10.6. The molecule has 0 unspecified atom stereocenters. The number of imide groups is 1. The van der Waals surface area contributed by atoms with Crippen LogP contribution in [0, 0.1) is 0 Å². The van der Waals surface area contributed by atoms with Crippen molar-refractivity contribution >= 4 is 22.7 Å². The minimum atomic E-state index is -0.712. The summed E-state index contributed by atoms with van der Waals surface area (Å²) in [7, 11) is 0. The average Bonchev–Trinajstić information content (AvgIpc) is 2.54. The van der Waals surface area contributed by atoms with Gasteiger partial charge in [-0.3, -0.25) is 14.9 Å². The molecule has 116 valence electrons. The van der Waals surface area contributed by atoms with Crippen LogP contribution in [0.3, 0.4) is 0 Å². The zero-order valence-electron chi connectivity index (χ0n) is 12.3. The molecule has 0 radical (unpaired) electrons. The summed E-state index contributed by atoms with van der Waals surface area (Å²) in [5, 5.41) is 3.23. The summed E-state index contributed by atoms with van der Waals surface area (Å²) >= 11 is 0. The zero-order chi connectivity index (χ0) is 15.9. The van der Waals surface area contributed by atoms with E-state index in [1.807, 2.05) is 24.3 Å². The second-order valence-corrected chi connectivity index (χ2v) is 5.10. The summed E-state index contributed by atoms with van der Waals surface area (Å²) in [4.78, 5) is 28.2. The third kappa shape index (κ3) is 4.09. The molecule has 0 spiro atoms. The van der Waals surface area contributed by atoms with Gasteiger partial charge in [0.2, 0.25) is 5.91 Å². The third-order valence-electron chi connectivity index (χ3n) is 3.37. The number of carbonyl (C=O) groups is 2. The Morgan fingerprint density at radius 3 is 2.68 bits per heavy atom. The van der Waals surface area contributed by atoms with E-state index in [9.17, 15) is 9.59 Å². The first-order valence-corrected chi connectivity index (χ1v) is 7.28. The highest BCUT2D eigenvalue weighted by molar-refractivity contribution is 6.05. The van der Waals surface area contributed by atoms with Gasteiger partial charge in [0.05, 0.1) is 11.6 Å². The Kier molecular flexibility index (Phi) is 5.57. The van der Waals surface area contributed by atoms with Crippen LogP contribution >= 0.6 is 0 Å². The number of nitrogens with two attached hydrogens (primary N) is 2. The number of para-hydroxylation sites is 1. The van der Waals surface area contributed by atoms with Crippen LogP contribution in [0.1, 0.15) is 29.8 Å². The first-order valence-electron chi connectivity index (χ1n) is 7.28. The van der Waals surface area contributed by atoms with Crippen molar-refractivity contribution in [2.75, 3.05) is 6.54 Å². The number of benzene rings is 1. The molecular weight excluding hydrogens is 280 g/mol. The third-order valence-corrected chi connectivity index (χ3v) is 3.37. The van der Waals surface area contributed by atoms with E-state index in [1.54, 1.807) is 12.1 Å². The maximum atomic E-state index is 12.1. The highest BCUT2D eigenvalue weighted by Gasteiger charge is 2.17. The lowest BCUT2D eigenvalue weighted by molar-refractivity contribution is -0.121. The normalized spacial score (nSPS) is 12.1. The number of hydrogen-bond acceptors (Lipinski definition) is 5. The summed E-state index contributed by atoms with van der Waals surface area (Å²) in [6, 6.07) is 10.1. The molecule has 1 atom stereocenters. The fourth-order valence-electron chi connectivity index (χ4n) is 2.10. The van der Waals surface area contributed by atoms with Gasteiger partial charge in [-0.1, -0.05) is 30.7 Å². The number of carbonyl (C=O) groups excluding carboxylic acids is 2. The number of hydrogen-bond donors (Lipinski definition) is 3. The highest BCUT2D eigenvalue weighted by Crippen LogP contribution is 2.11. The van der Waals surface area contributed by atoms with Gasteiger partial charge in [-0.15, -0.1) is 0 Å². The van der Waals surface area contributed by atoms with Crippen molar-refractivity contribution in [2.24, 2.45) is 11.5 Å². The van der Waals surface area contributed by atoms with Crippen molar-refractivity contribution in [2.45, 2.75) is 25.3 Å². The van der Waals surface area contributed by atoms with E-state index < -0.39 is 17.9 Å². The minimum absolute atomic E-state index is 0.196. The van der Waals surface area contributed by atoms with Crippen LogP contribution in [-0.4, -0.2) is 29.4 Å². The molecule has 22 heavy (non-hydrogen) atoms. The van der Waals surface area contributed by atoms with Crippen molar-refractivity contribution in [3.63, 3.8) is 0 Å². The van der Waals surface area contributed by atoms with Crippen LogP contribution < -0.4 is 16.8 Å². The summed E-state index contributed by atoms with van der Waals surface area (Å²) in [6.45, 7) is 0.564. The van der Waals surface area contributed by atoms with Crippen LogP contribution in [0.25, 0.3) is 10.9 Å². The Hall–Kier alpha value is -2.31. The molecule has 0 aliphatic carbocycles. The molecule has 1 aromatic carbocycles. The van der Waals surface area contributed by atoms with E-state index in [0.29, 0.717) is 18.5 Å². The first kappa shape index (κ1) is 16.1. The van der Waals surface area contributed by atoms with E-state index >= 15 is 0 Å². The van der Waals surface area contributed by atoms with Gasteiger partial charge in [-0.05, 0) is 31.5 Å². The fraction of sp³-hybridized carbons (Fsp3) is 0.312. The number of nitrogens with zero attached hydrogens (tertiary/aromatic N) is 1. The van der Waals surface area contributed by atoms with Crippen LogP contribution in [0.2, 0.25) is 0 Å². The second kappa shape index (κ2) is 7.63. The number of amides is 2. The number of unbranched alkanes of at least 4 members (excludes halogenated alkanes) is 1. The average molecular weight is 300 g/mol. The van der Waals surface area contributed by atoms with E-state index in [4.69, 9.17) is 11.5 Å². The lowest BCUT2D eigenvalue weighted by Gasteiger charge is -2.11. The fourth-order valence-corrected chi connectivity index (χ4v) is 2.10. The molecule has 2 amide bonds. The molecule has 6 nitrogen and oxygen atoms in total. The Balaban J connectivity index is 1.99. The van der Waals surface area contributed by atoms with E-state index in [-0.39, 0.29) is 5.69 Å². The highest BCUT2D eigenvalue weighted by atomic mass is 16.2. The van der Waals surface area contributed by atoms with Crippen molar-refractivity contribution in [1.29, 1.82) is 0 Å². The van der Waals surface area contributed by atoms with Gasteiger partial charge in [-0.2, -0.15) is 0 Å². The van der Waals surface area contributed by atoms with Gasteiger partial charge in [0.15, 0.2) is 0 Å². The number of pyridine rings is 1. The monoisotopic (exact) mass is 300 g/mol. The molecular formula is C16H20N4O2. The standard InChI is InChI=1S/C16H20N4O2/c17-10-4-3-6-12(18)15(21)20-16(22)14-9-8-11-5-1-2-7-13(11)19-14/h1-2,5,7-9,12H,3-4,6,10,17-18H2,(H,20,21,22)/t12-/m1/s1. The number of nitrogens with one attached hydrogen (secondary N) is 1. The summed E-state index contributed by atoms with van der Waals surface area (Å²) in [5.41, 5.74) is 12.0. The zero-order valence-corrected chi connectivity index (χ0v) is 12.3. The Bertz CT molecular complexity index is 672. The van der Waals surface area contributed by atoms with Crippen molar-refractivity contribution in [3.8, 4) is 0 Å². The van der Waals surface area contributed by atoms with Gasteiger partial charge in [0.1, 0.15) is 5.69 Å². The smallest absolute Gasteiger partial charge is 0.276 e. The van der Waals surface area contributed by atoms with Crippen molar-refractivity contribution in [3.05, 3.63) is 42.1 Å². The van der Waals surface area contributed by atoms with Gasteiger partial charge < -0.3 is 11.5 Å². The topological polar surface area (TPSA) is 111 Å². The van der Waals surface area contributed by atoms with Crippen LogP contribution in [0.4, 0.5) is 0 Å². The predicted octanol–water partition coefficient (Wildman–Crippen LogP) is 0.948. The molecule has 1 aromatic heterocycles. The van der Waals surface area contributed by atoms with E-state index in [1.165, 1.54) is 0 Å². The maximum Gasteiger partial charge on any atom is 0.276 e. The quantitative estimate of drug-likeness (QED) is 0.688. The molecule has 0 aliphatic rings.